The molecule has 0 aliphatic heterocycles. The summed E-state index contributed by atoms with van der Waals surface area (Å²) in [7, 11) is 4.60. The first kappa shape index (κ1) is 23.6. The van der Waals surface area contributed by atoms with Crippen molar-refractivity contribution in [1.29, 1.82) is 0 Å². The Bertz CT molecular complexity index is 267. The van der Waals surface area contributed by atoms with Crippen molar-refractivity contribution in [3.8, 4) is 0 Å². The number of methoxy groups -OCH3 is 3. The lowest BCUT2D eigenvalue weighted by atomic mass is 10.3. The van der Waals surface area contributed by atoms with E-state index in [2.05, 4.69) is 0 Å². The van der Waals surface area contributed by atoms with Crippen LogP contribution in [0.5, 0.6) is 0 Å². The van der Waals surface area contributed by atoms with Gasteiger partial charge in [0.15, 0.2) is 0 Å². The van der Waals surface area contributed by atoms with Gasteiger partial charge in [0.1, 0.15) is 24.4 Å². The Morgan fingerprint density at radius 1 is 0.625 bits per heavy atom. The van der Waals surface area contributed by atoms with E-state index in [4.69, 9.17) is 33.5 Å². The summed E-state index contributed by atoms with van der Waals surface area (Å²) < 4.78 is 31.3. The monoisotopic (exact) mass is 356 g/mol. The Balaban J connectivity index is 3.81. The lowest BCUT2D eigenvalue weighted by molar-refractivity contribution is -0.0914. The van der Waals surface area contributed by atoms with Crippen LogP contribution >= 0.6 is 0 Å². The summed E-state index contributed by atoms with van der Waals surface area (Å²) in [6.07, 6.45) is -2.13. The van der Waals surface area contributed by atoms with Crippen LogP contribution in [-0.2, 0) is 28.4 Å². The van der Waals surface area contributed by atoms with Gasteiger partial charge in [0.25, 0.3) is 0 Å². The molecule has 146 valence electrons. The van der Waals surface area contributed by atoms with E-state index in [9.17, 15) is 10.2 Å². The zero-order chi connectivity index (χ0) is 18.2. The van der Waals surface area contributed by atoms with E-state index in [0.29, 0.717) is 6.61 Å². The fraction of sp³-hybridized carbons (Fsp3) is 1.00. The van der Waals surface area contributed by atoms with Crippen molar-refractivity contribution >= 4 is 0 Å². The molecule has 0 aliphatic carbocycles. The molecule has 0 aromatic rings. The average molecular weight is 356 g/mol. The number of aliphatic hydroxyl groups is 3. The summed E-state index contributed by atoms with van der Waals surface area (Å²) in [6, 6.07) is 0. The minimum absolute atomic E-state index is 0.0364. The van der Waals surface area contributed by atoms with Crippen molar-refractivity contribution in [2.24, 2.45) is 0 Å². The highest BCUT2D eigenvalue weighted by molar-refractivity contribution is 4.60. The van der Waals surface area contributed by atoms with Gasteiger partial charge in [0.2, 0.25) is 0 Å². The summed E-state index contributed by atoms with van der Waals surface area (Å²) in [5, 5.41) is 27.3. The maximum atomic E-state index is 9.47. The zero-order valence-corrected chi connectivity index (χ0v) is 14.8. The Labute approximate surface area is 143 Å². The van der Waals surface area contributed by atoms with Crippen molar-refractivity contribution in [3.63, 3.8) is 0 Å². The molecule has 0 radical (unpaired) electrons. The number of hydrogen-bond donors (Lipinski definition) is 3. The molecule has 0 spiro atoms. The van der Waals surface area contributed by atoms with Crippen LogP contribution in [0.15, 0.2) is 0 Å². The summed E-state index contributed by atoms with van der Waals surface area (Å²) >= 11 is 0. The van der Waals surface area contributed by atoms with Gasteiger partial charge < -0.3 is 43.7 Å². The molecule has 0 rings (SSSR count). The largest absolute Gasteiger partial charge is 0.394 e. The molecule has 3 N–H and O–H groups in total. The molecular formula is C15H32O9. The SMILES string of the molecule is COCC(O)COCC(COCC(COCC(O)CO)OC)OC. The second kappa shape index (κ2) is 16.1. The highest BCUT2D eigenvalue weighted by Gasteiger charge is 2.14. The zero-order valence-electron chi connectivity index (χ0n) is 14.8. The molecule has 0 bridgehead atoms. The van der Waals surface area contributed by atoms with Gasteiger partial charge in [0.05, 0.1) is 52.9 Å². The van der Waals surface area contributed by atoms with Gasteiger partial charge in [-0.1, -0.05) is 0 Å². The van der Waals surface area contributed by atoms with Crippen LogP contribution < -0.4 is 0 Å². The van der Waals surface area contributed by atoms with E-state index in [1.807, 2.05) is 0 Å². The minimum Gasteiger partial charge on any atom is -0.394 e. The number of aliphatic hydroxyl groups excluding tert-OH is 3. The second-order valence-electron chi connectivity index (χ2n) is 5.27. The maximum absolute atomic E-state index is 9.47. The molecule has 0 amide bonds. The van der Waals surface area contributed by atoms with Gasteiger partial charge in [-0.25, -0.2) is 0 Å². The van der Waals surface area contributed by atoms with Crippen LogP contribution in [0.2, 0.25) is 0 Å². The first-order chi connectivity index (χ1) is 11.6. The van der Waals surface area contributed by atoms with Gasteiger partial charge in [-0.2, -0.15) is 0 Å². The Morgan fingerprint density at radius 3 is 1.42 bits per heavy atom. The topological polar surface area (TPSA) is 116 Å². The molecule has 0 heterocycles. The van der Waals surface area contributed by atoms with E-state index < -0.39 is 12.2 Å². The number of rotatable bonds is 17. The van der Waals surface area contributed by atoms with E-state index in [-0.39, 0.29) is 58.5 Å². The predicted octanol–water partition coefficient (Wildman–Crippen LogP) is -1.57. The van der Waals surface area contributed by atoms with E-state index in [0.717, 1.165) is 0 Å². The van der Waals surface area contributed by atoms with E-state index >= 15 is 0 Å². The van der Waals surface area contributed by atoms with Gasteiger partial charge in [0, 0.05) is 21.3 Å². The summed E-state index contributed by atoms with van der Waals surface area (Å²) in [5.41, 5.74) is 0. The summed E-state index contributed by atoms with van der Waals surface area (Å²) in [6.45, 7) is 1.19. The number of ether oxygens (including phenoxy) is 6. The molecule has 24 heavy (non-hydrogen) atoms. The van der Waals surface area contributed by atoms with Crippen molar-refractivity contribution in [2.75, 3.05) is 74.2 Å². The van der Waals surface area contributed by atoms with Crippen molar-refractivity contribution in [1.82, 2.24) is 0 Å². The highest BCUT2D eigenvalue weighted by atomic mass is 16.6. The van der Waals surface area contributed by atoms with Crippen LogP contribution in [0.3, 0.4) is 0 Å². The molecule has 0 aliphatic rings. The maximum Gasteiger partial charge on any atom is 0.104 e. The van der Waals surface area contributed by atoms with Gasteiger partial charge in [-0.15, -0.1) is 0 Å². The quantitative estimate of drug-likeness (QED) is 0.284. The standard InChI is InChI=1S/C15H32O9/c1-19-5-13(18)7-23-9-15(21-3)11-24-10-14(20-2)8-22-6-12(17)4-16/h12-18H,4-11H2,1-3H3. The van der Waals surface area contributed by atoms with Crippen molar-refractivity contribution < 1.29 is 43.7 Å². The van der Waals surface area contributed by atoms with Crippen LogP contribution in [0.1, 0.15) is 0 Å². The van der Waals surface area contributed by atoms with Crippen LogP contribution in [0.25, 0.3) is 0 Å². The highest BCUT2D eigenvalue weighted by Crippen LogP contribution is 1.99. The first-order valence-corrected chi connectivity index (χ1v) is 7.82. The fourth-order valence-corrected chi connectivity index (χ4v) is 1.66. The third-order valence-electron chi connectivity index (χ3n) is 3.07. The Hall–Kier alpha value is -0.360. The molecular weight excluding hydrogens is 324 g/mol. The van der Waals surface area contributed by atoms with E-state index in [1.165, 1.54) is 14.2 Å². The van der Waals surface area contributed by atoms with Crippen LogP contribution in [0, 0.1) is 0 Å². The van der Waals surface area contributed by atoms with Crippen molar-refractivity contribution in [2.45, 2.75) is 24.4 Å². The second-order valence-corrected chi connectivity index (χ2v) is 5.27. The lowest BCUT2D eigenvalue weighted by Gasteiger charge is -2.20. The molecule has 0 aromatic carbocycles. The van der Waals surface area contributed by atoms with Crippen LogP contribution in [-0.4, -0.2) is 114 Å². The molecule has 9 nitrogen and oxygen atoms in total. The predicted molar refractivity (Wildman–Crippen MR) is 85.0 cm³/mol. The molecule has 4 atom stereocenters. The molecule has 0 fully saturated rings. The minimum atomic E-state index is -0.896. The van der Waals surface area contributed by atoms with Crippen LogP contribution in [0.4, 0.5) is 0 Å². The van der Waals surface area contributed by atoms with E-state index in [1.54, 1.807) is 7.11 Å². The third kappa shape index (κ3) is 13.0. The summed E-state index contributed by atoms with van der Waals surface area (Å²) in [4.78, 5) is 0. The summed E-state index contributed by atoms with van der Waals surface area (Å²) in [5.74, 6) is 0. The average Bonchev–Trinajstić information content (AvgIpc) is 2.58. The Morgan fingerprint density at radius 2 is 1.04 bits per heavy atom. The Kier molecular flexibility index (Phi) is 15.9. The normalized spacial score (nSPS) is 16.8. The van der Waals surface area contributed by atoms with Crippen molar-refractivity contribution in [3.05, 3.63) is 0 Å². The third-order valence-corrected chi connectivity index (χ3v) is 3.07. The molecule has 9 heteroatoms. The lowest BCUT2D eigenvalue weighted by Crippen LogP contribution is -2.32. The molecule has 0 aromatic heterocycles. The first-order valence-electron chi connectivity index (χ1n) is 7.82. The molecule has 4 unspecified atom stereocenters. The molecule has 0 saturated heterocycles. The molecule has 0 saturated carbocycles. The fourth-order valence-electron chi connectivity index (χ4n) is 1.66. The smallest absolute Gasteiger partial charge is 0.104 e. The van der Waals surface area contributed by atoms with Gasteiger partial charge >= 0.3 is 0 Å². The van der Waals surface area contributed by atoms with Gasteiger partial charge in [-0.3, -0.25) is 0 Å². The number of hydrogen-bond acceptors (Lipinski definition) is 9. The van der Waals surface area contributed by atoms with Gasteiger partial charge in [-0.05, 0) is 0 Å².